The molecule has 0 bridgehead atoms. The number of hydrogen-bond donors (Lipinski definition) is 2. The molecule has 0 unspecified atom stereocenters. The number of benzene rings is 1. The predicted molar refractivity (Wildman–Crippen MR) is 86.2 cm³/mol. The van der Waals surface area contributed by atoms with Gasteiger partial charge in [0.1, 0.15) is 0 Å². The summed E-state index contributed by atoms with van der Waals surface area (Å²) in [7, 11) is 0. The van der Waals surface area contributed by atoms with Crippen LogP contribution in [-0.4, -0.2) is 22.6 Å². The number of nitrogens with zero attached hydrogens (tertiary/aromatic N) is 1. The SMILES string of the molecule is CCSc1cc(C(=O)Nc2ccc3c(c2)C(=O)NC3)ccn1. The Morgan fingerprint density at radius 3 is 3.05 bits per heavy atom. The van der Waals surface area contributed by atoms with Gasteiger partial charge < -0.3 is 10.6 Å². The first kappa shape index (κ1) is 14.6. The fraction of sp³-hybridized carbons (Fsp3) is 0.188. The molecule has 1 aromatic heterocycles. The molecule has 2 amide bonds. The van der Waals surface area contributed by atoms with Crippen LogP contribution in [0.15, 0.2) is 41.6 Å². The second-order valence-corrected chi connectivity index (χ2v) is 6.11. The van der Waals surface area contributed by atoms with Crippen molar-refractivity contribution >= 4 is 29.3 Å². The van der Waals surface area contributed by atoms with Gasteiger partial charge in [0.25, 0.3) is 11.8 Å². The Kier molecular flexibility index (Phi) is 4.11. The fourth-order valence-corrected chi connectivity index (χ4v) is 2.91. The molecule has 2 N–H and O–H groups in total. The zero-order chi connectivity index (χ0) is 15.5. The van der Waals surface area contributed by atoms with E-state index in [-0.39, 0.29) is 11.8 Å². The van der Waals surface area contributed by atoms with Gasteiger partial charge in [-0.15, -0.1) is 11.8 Å². The summed E-state index contributed by atoms with van der Waals surface area (Å²) in [5.74, 6) is 0.591. The number of pyridine rings is 1. The molecule has 0 saturated heterocycles. The standard InChI is InChI=1S/C16H15N3O2S/c1-2-22-14-7-10(5-6-17-14)15(20)19-12-4-3-11-9-18-16(21)13(11)8-12/h3-8H,2,9H2,1H3,(H,18,21)(H,19,20). The molecular formula is C16H15N3O2S. The summed E-state index contributed by atoms with van der Waals surface area (Å²) in [6.07, 6.45) is 1.63. The van der Waals surface area contributed by atoms with E-state index in [1.807, 2.05) is 13.0 Å². The minimum atomic E-state index is -0.210. The van der Waals surface area contributed by atoms with Crippen LogP contribution in [0, 0.1) is 0 Å². The van der Waals surface area contributed by atoms with Crippen molar-refractivity contribution < 1.29 is 9.59 Å². The van der Waals surface area contributed by atoms with Gasteiger partial charge in [-0.2, -0.15) is 0 Å². The minimum Gasteiger partial charge on any atom is -0.348 e. The van der Waals surface area contributed by atoms with E-state index in [4.69, 9.17) is 0 Å². The molecule has 0 atom stereocenters. The van der Waals surface area contributed by atoms with E-state index in [2.05, 4.69) is 15.6 Å². The summed E-state index contributed by atoms with van der Waals surface area (Å²) < 4.78 is 0. The van der Waals surface area contributed by atoms with Gasteiger partial charge in [0.15, 0.2) is 0 Å². The molecule has 0 spiro atoms. The molecule has 0 radical (unpaired) electrons. The molecule has 6 heteroatoms. The maximum Gasteiger partial charge on any atom is 0.255 e. The highest BCUT2D eigenvalue weighted by molar-refractivity contribution is 7.99. The molecule has 2 aromatic rings. The van der Waals surface area contributed by atoms with Crippen LogP contribution in [0.1, 0.15) is 33.2 Å². The molecule has 5 nitrogen and oxygen atoms in total. The molecular weight excluding hydrogens is 298 g/mol. The zero-order valence-electron chi connectivity index (χ0n) is 12.1. The number of amides is 2. The van der Waals surface area contributed by atoms with Crippen LogP contribution in [0.3, 0.4) is 0 Å². The van der Waals surface area contributed by atoms with Crippen LogP contribution in [0.5, 0.6) is 0 Å². The first-order valence-electron chi connectivity index (χ1n) is 6.98. The first-order chi connectivity index (χ1) is 10.7. The summed E-state index contributed by atoms with van der Waals surface area (Å²) in [4.78, 5) is 28.2. The Labute approximate surface area is 132 Å². The fourth-order valence-electron chi connectivity index (χ4n) is 2.27. The molecule has 112 valence electrons. The average Bonchev–Trinajstić information content (AvgIpc) is 2.89. The maximum absolute atomic E-state index is 12.3. The number of aromatic nitrogens is 1. The quantitative estimate of drug-likeness (QED) is 0.851. The van der Waals surface area contributed by atoms with Crippen molar-refractivity contribution in [1.82, 2.24) is 10.3 Å². The first-order valence-corrected chi connectivity index (χ1v) is 7.97. The van der Waals surface area contributed by atoms with Gasteiger partial charge in [0.05, 0.1) is 5.03 Å². The van der Waals surface area contributed by atoms with Gasteiger partial charge in [-0.1, -0.05) is 13.0 Å². The lowest BCUT2D eigenvalue weighted by molar-refractivity contribution is 0.0964. The van der Waals surface area contributed by atoms with Gasteiger partial charge >= 0.3 is 0 Å². The summed E-state index contributed by atoms with van der Waals surface area (Å²) >= 11 is 1.59. The largest absolute Gasteiger partial charge is 0.348 e. The Balaban J connectivity index is 1.78. The third kappa shape index (κ3) is 2.96. The lowest BCUT2D eigenvalue weighted by atomic mass is 10.1. The van der Waals surface area contributed by atoms with Gasteiger partial charge in [-0.05, 0) is 35.6 Å². The lowest BCUT2D eigenvalue weighted by Crippen LogP contribution is -2.14. The third-order valence-corrected chi connectivity index (χ3v) is 4.15. The van der Waals surface area contributed by atoms with Gasteiger partial charge in [-0.3, -0.25) is 9.59 Å². The van der Waals surface area contributed by atoms with Crippen LogP contribution in [0.4, 0.5) is 5.69 Å². The molecule has 1 aromatic carbocycles. The van der Waals surface area contributed by atoms with Crippen molar-refractivity contribution in [3.63, 3.8) is 0 Å². The maximum atomic E-state index is 12.3. The summed E-state index contributed by atoms with van der Waals surface area (Å²) in [6, 6.07) is 8.81. The Hall–Kier alpha value is -2.34. The highest BCUT2D eigenvalue weighted by atomic mass is 32.2. The number of anilines is 1. The summed E-state index contributed by atoms with van der Waals surface area (Å²) in [5, 5.41) is 6.40. The lowest BCUT2D eigenvalue weighted by Gasteiger charge is -2.07. The van der Waals surface area contributed by atoms with Crippen molar-refractivity contribution in [3.05, 3.63) is 53.2 Å². The van der Waals surface area contributed by atoms with E-state index in [1.165, 1.54) is 0 Å². The summed E-state index contributed by atoms with van der Waals surface area (Å²) in [5.41, 5.74) is 2.74. The second kappa shape index (κ2) is 6.19. The van der Waals surface area contributed by atoms with Crippen LogP contribution in [0.25, 0.3) is 0 Å². The van der Waals surface area contributed by atoms with E-state index in [0.29, 0.717) is 23.4 Å². The van der Waals surface area contributed by atoms with Gasteiger partial charge in [-0.25, -0.2) is 4.98 Å². The van der Waals surface area contributed by atoms with E-state index < -0.39 is 0 Å². The topological polar surface area (TPSA) is 71.1 Å². The number of hydrogen-bond acceptors (Lipinski definition) is 4. The molecule has 1 aliphatic heterocycles. The highest BCUT2D eigenvalue weighted by Gasteiger charge is 2.19. The van der Waals surface area contributed by atoms with E-state index in [1.54, 1.807) is 42.2 Å². The molecule has 22 heavy (non-hydrogen) atoms. The Morgan fingerprint density at radius 1 is 1.36 bits per heavy atom. The average molecular weight is 313 g/mol. The monoisotopic (exact) mass is 313 g/mol. The van der Waals surface area contributed by atoms with Gasteiger partial charge in [0.2, 0.25) is 0 Å². The Bertz CT molecular complexity index is 746. The molecule has 0 fully saturated rings. The molecule has 3 rings (SSSR count). The predicted octanol–water partition coefficient (Wildman–Crippen LogP) is 2.69. The van der Waals surface area contributed by atoms with Crippen LogP contribution < -0.4 is 10.6 Å². The molecule has 0 aliphatic carbocycles. The van der Waals surface area contributed by atoms with Crippen molar-refractivity contribution in [1.29, 1.82) is 0 Å². The Morgan fingerprint density at radius 2 is 2.23 bits per heavy atom. The number of carbonyl (C=O) groups is 2. The van der Waals surface area contributed by atoms with E-state index >= 15 is 0 Å². The molecule has 0 saturated carbocycles. The highest BCUT2D eigenvalue weighted by Crippen LogP contribution is 2.21. The smallest absolute Gasteiger partial charge is 0.255 e. The second-order valence-electron chi connectivity index (χ2n) is 4.82. The zero-order valence-corrected chi connectivity index (χ0v) is 12.9. The molecule has 1 aliphatic rings. The van der Waals surface area contributed by atoms with Crippen molar-refractivity contribution in [2.75, 3.05) is 11.1 Å². The minimum absolute atomic E-state index is 0.100. The normalized spacial score (nSPS) is 12.7. The summed E-state index contributed by atoms with van der Waals surface area (Å²) in [6.45, 7) is 2.58. The van der Waals surface area contributed by atoms with Crippen LogP contribution in [0.2, 0.25) is 0 Å². The third-order valence-electron chi connectivity index (χ3n) is 3.34. The number of thioether (sulfide) groups is 1. The number of rotatable bonds is 4. The van der Waals surface area contributed by atoms with Crippen LogP contribution in [-0.2, 0) is 6.54 Å². The van der Waals surface area contributed by atoms with Crippen LogP contribution >= 0.6 is 11.8 Å². The van der Waals surface area contributed by atoms with E-state index in [9.17, 15) is 9.59 Å². The molecule has 2 heterocycles. The van der Waals surface area contributed by atoms with E-state index in [0.717, 1.165) is 16.3 Å². The van der Waals surface area contributed by atoms with Crippen molar-refractivity contribution in [3.8, 4) is 0 Å². The van der Waals surface area contributed by atoms with Crippen molar-refractivity contribution in [2.45, 2.75) is 18.5 Å². The number of fused-ring (bicyclic) bond motifs is 1. The number of carbonyl (C=O) groups excluding carboxylic acids is 2. The number of nitrogens with one attached hydrogen (secondary N) is 2. The van der Waals surface area contributed by atoms with Crippen molar-refractivity contribution in [2.24, 2.45) is 0 Å². The van der Waals surface area contributed by atoms with Gasteiger partial charge in [0, 0.05) is 29.6 Å².